The molecule has 1 N–H and O–H groups in total. The van der Waals surface area contributed by atoms with Gasteiger partial charge in [0.1, 0.15) is 0 Å². The molecular formula is C15H22Cl2N2. The first-order chi connectivity index (χ1) is 8.89. The van der Waals surface area contributed by atoms with Gasteiger partial charge in [0.2, 0.25) is 0 Å². The van der Waals surface area contributed by atoms with Gasteiger partial charge < -0.3 is 5.32 Å². The lowest BCUT2D eigenvalue weighted by molar-refractivity contribution is 0.0863. The summed E-state index contributed by atoms with van der Waals surface area (Å²) in [6, 6.07) is 6.06. The molecule has 2 nitrogen and oxygen atoms in total. The number of hydrogen-bond donors (Lipinski definition) is 1. The summed E-state index contributed by atoms with van der Waals surface area (Å²) in [6.07, 6.45) is 0. The van der Waals surface area contributed by atoms with Crippen LogP contribution in [-0.4, -0.2) is 31.1 Å². The van der Waals surface area contributed by atoms with Crippen LogP contribution in [0.5, 0.6) is 0 Å². The van der Waals surface area contributed by atoms with Gasteiger partial charge in [-0.2, -0.15) is 0 Å². The molecule has 0 aliphatic carbocycles. The smallest absolute Gasteiger partial charge is 0.0455 e. The zero-order valence-corrected chi connectivity index (χ0v) is 13.4. The molecule has 1 aromatic carbocycles. The molecule has 4 heteroatoms. The average Bonchev–Trinajstić information content (AvgIpc) is 2.33. The Morgan fingerprint density at radius 3 is 2.37 bits per heavy atom. The first kappa shape index (κ1) is 15.1. The molecule has 106 valence electrons. The Balaban J connectivity index is 2.39. The second kappa shape index (κ2) is 6.01. The van der Waals surface area contributed by atoms with Crippen molar-refractivity contribution in [1.29, 1.82) is 0 Å². The lowest BCUT2D eigenvalue weighted by atomic mass is 9.81. The summed E-state index contributed by atoms with van der Waals surface area (Å²) in [5.74, 6) is 0. The van der Waals surface area contributed by atoms with Crippen molar-refractivity contribution in [2.75, 3.05) is 26.2 Å². The summed E-state index contributed by atoms with van der Waals surface area (Å²) < 4.78 is 0. The summed E-state index contributed by atoms with van der Waals surface area (Å²) in [7, 11) is 0. The summed E-state index contributed by atoms with van der Waals surface area (Å²) in [6.45, 7) is 10.9. The van der Waals surface area contributed by atoms with Crippen molar-refractivity contribution >= 4 is 23.2 Å². The van der Waals surface area contributed by atoms with Gasteiger partial charge in [-0.05, 0) is 29.2 Å². The molecule has 1 aromatic rings. The number of nitrogens with one attached hydrogen (secondary N) is 1. The normalized spacial score (nSPS) is 19.4. The van der Waals surface area contributed by atoms with E-state index in [4.69, 9.17) is 23.2 Å². The number of halogens is 2. The first-order valence-electron chi connectivity index (χ1n) is 6.79. The third-order valence-corrected chi connectivity index (χ3v) is 4.17. The fraction of sp³-hybridized carbons (Fsp3) is 0.600. The van der Waals surface area contributed by atoms with Crippen molar-refractivity contribution in [3.05, 3.63) is 33.8 Å². The Morgan fingerprint density at radius 1 is 1.16 bits per heavy atom. The van der Waals surface area contributed by atoms with Crippen molar-refractivity contribution in [3.8, 4) is 0 Å². The monoisotopic (exact) mass is 300 g/mol. The summed E-state index contributed by atoms with van der Waals surface area (Å²) in [5, 5.41) is 4.96. The van der Waals surface area contributed by atoms with E-state index in [1.165, 1.54) is 0 Å². The van der Waals surface area contributed by atoms with E-state index in [1.807, 2.05) is 18.2 Å². The van der Waals surface area contributed by atoms with Crippen LogP contribution in [-0.2, 0) is 0 Å². The number of nitrogens with zero attached hydrogens (tertiary/aromatic N) is 1. The number of piperazine rings is 1. The highest BCUT2D eigenvalue weighted by Crippen LogP contribution is 2.41. The molecule has 0 aromatic heterocycles. The van der Waals surface area contributed by atoms with E-state index in [0.29, 0.717) is 6.04 Å². The molecular weight excluding hydrogens is 279 g/mol. The van der Waals surface area contributed by atoms with Gasteiger partial charge in [-0.1, -0.05) is 44.0 Å². The number of hydrogen-bond acceptors (Lipinski definition) is 2. The van der Waals surface area contributed by atoms with E-state index in [1.54, 1.807) is 0 Å². The van der Waals surface area contributed by atoms with Crippen LogP contribution in [0.1, 0.15) is 32.4 Å². The zero-order chi connectivity index (χ0) is 14.0. The molecule has 19 heavy (non-hydrogen) atoms. The predicted octanol–water partition coefficient (Wildman–Crippen LogP) is 3.99. The van der Waals surface area contributed by atoms with Crippen LogP contribution in [0.25, 0.3) is 0 Å². The topological polar surface area (TPSA) is 15.3 Å². The van der Waals surface area contributed by atoms with E-state index >= 15 is 0 Å². The second-order valence-electron chi connectivity index (χ2n) is 6.22. The maximum atomic E-state index is 6.42. The van der Waals surface area contributed by atoms with Crippen LogP contribution in [0, 0.1) is 5.41 Å². The van der Waals surface area contributed by atoms with Gasteiger partial charge in [-0.15, -0.1) is 0 Å². The van der Waals surface area contributed by atoms with Gasteiger partial charge >= 0.3 is 0 Å². The summed E-state index contributed by atoms with van der Waals surface area (Å²) >= 11 is 12.6. The molecule has 1 aliphatic rings. The molecule has 1 aliphatic heterocycles. The van der Waals surface area contributed by atoms with Crippen molar-refractivity contribution in [3.63, 3.8) is 0 Å². The molecule has 2 rings (SSSR count). The number of benzene rings is 1. The Labute approximate surface area is 126 Å². The highest BCUT2D eigenvalue weighted by atomic mass is 35.5. The molecule has 1 saturated heterocycles. The van der Waals surface area contributed by atoms with Crippen LogP contribution in [0.15, 0.2) is 18.2 Å². The van der Waals surface area contributed by atoms with Crippen LogP contribution in [0.4, 0.5) is 0 Å². The minimum Gasteiger partial charge on any atom is -0.314 e. The molecule has 0 amide bonds. The molecule has 1 fully saturated rings. The van der Waals surface area contributed by atoms with Gasteiger partial charge in [0.05, 0.1) is 0 Å². The maximum absolute atomic E-state index is 6.42. The third kappa shape index (κ3) is 3.63. The highest BCUT2D eigenvalue weighted by molar-refractivity contribution is 6.33. The Bertz CT molecular complexity index is 434. The van der Waals surface area contributed by atoms with Gasteiger partial charge in [-0.25, -0.2) is 0 Å². The van der Waals surface area contributed by atoms with Gasteiger partial charge in [0.15, 0.2) is 0 Å². The Morgan fingerprint density at radius 2 is 1.79 bits per heavy atom. The van der Waals surface area contributed by atoms with E-state index in [0.717, 1.165) is 41.8 Å². The Kier molecular flexibility index (Phi) is 4.78. The fourth-order valence-corrected chi connectivity index (χ4v) is 3.28. The van der Waals surface area contributed by atoms with E-state index in [-0.39, 0.29) is 5.41 Å². The zero-order valence-electron chi connectivity index (χ0n) is 11.8. The van der Waals surface area contributed by atoms with E-state index < -0.39 is 0 Å². The quantitative estimate of drug-likeness (QED) is 0.888. The summed E-state index contributed by atoms with van der Waals surface area (Å²) in [5.41, 5.74) is 1.26. The van der Waals surface area contributed by atoms with E-state index in [9.17, 15) is 0 Å². The minimum absolute atomic E-state index is 0.117. The second-order valence-corrected chi connectivity index (χ2v) is 7.06. The Hall–Kier alpha value is -0.280. The average molecular weight is 301 g/mol. The van der Waals surface area contributed by atoms with Crippen molar-refractivity contribution in [2.45, 2.75) is 26.8 Å². The van der Waals surface area contributed by atoms with Gasteiger partial charge in [-0.3, -0.25) is 4.90 Å². The van der Waals surface area contributed by atoms with Gasteiger partial charge in [0.25, 0.3) is 0 Å². The first-order valence-corrected chi connectivity index (χ1v) is 7.55. The van der Waals surface area contributed by atoms with Crippen LogP contribution in [0.3, 0.4) is 0 Å². The maximum Gasteiger partial charge on any atom is 0.0455 e. The molecule has 0 unspecified atom stereocenters. The minimum atomic E-state index is 0.117. The van der Waals surface area contributed by atoms with E-state index in [2.05, 4.69) is 31.0 Å². The SMILES string of the molecule is CC(C)(C)[C@@H](c1cc(Cl)ccc1Cl)N1CCNCC1. The molecule has 0 spiro atoms. The largest absolute Gasteiger partial charge is 0.314 e. The van der Waals surface area contributed by atoms with Crippen LogP contribution >= 0.6 is 23.2 Å². The van der Waals surface area contributed by atoms with Crippen LogP contribution in [0.2, 0.25) is 10.0 Å². The third-order valence-electron chi connectivity index (χ3n) is 3.59. The lowest BCUT2D eigenvalue weighted by Gasteiger charge is -2.43. The lowest BCUT2D eigenvalue weighted by Crippen LogP contribution is -2.48. The van der Waals surface area contributed by atoms with Crippen molar-refractivity contribution in [2.24, 2.45) is 5.41 Å². The molecule has 0 saturated carbocycles. The molecule has 0 radical (unpaired) electrons. The standard InChI is InChI=1S/C15H22Cl2N2/c1-15(2,3)14(19-8-6-18-7-9-19)12-10-11(16)4-5-13(12)17/h4-5,10,14,18H,6-9H2,1-3H3/t14-/m1/s1. The summed E-state index contributed by atoms with van der Waals surface area (Å²) in [4.78, 5) is 2.51. The molecule has 1 heterocycles. The van der Waals surface area contributed by atoms with Crippen molar-refractivity contribution < 1.29 is 0 Å². The highest BCUT2D eigenvalue weighted by Gasteiger charge is 2.33. The van der Waals surface area contributed by atoms with Gasteiger partial charge in [0, 0.05) is 42.3 Å². The molecule has 0 bridgehead atoms. The number of rotatable bonds is 2. The van der Waals surface area contributed by atoms with Crippen LogP contribution < -0.4 is 5.32 Å². The molecule has 1 atom stereocenters. The fourth-order valence-electron chi connectivity index (χ4n) is 2.88. The predicted molar refractivity (Wildman–Crippen MR) is 83.1 cm³/mol. The van der Waals surface area contributed by atoms with Crippen molar-refractivity contribution in [1.82, 2.24) is 10.2 Å².